The summed E-state index contributed by atoms with van der Waals surface area (Å²) >= 11 is 0. The van der Waals surface area contributed by atoms with Crippen molar-refractivity contribution >= 4 is 0 Å². The van der Waals surface area contributed by atoms with E-state index in [2.05, 4.69) is 0 Å². The van der Waals surface area contributed by atoms with Crippen LogP contribution < -0.4 is 9.47 Å². The highest BCUT2D eigenvalue weighted by Gasteiger charge is 2.43. The molecule has 21 heavy (non-hydrogen) atoms. The van der Waals surface area contributed by atoms with Crippen LogP contribution in [0.3, 0.4) is 0 Å². The molecule has 0 radical (unpaired) electrons. The zero-order valence-corrected chi connectivity index (χ0v) is 12.8. The quantitative estimate of drug-likeness (QED) is 0.925. The van der Waals surface area contributed by atoms with E-state index in [1.54, 1.807) is 14.0 Å². The highest BCUT2D eigenvalue weighted by Crippen LogP contribution is 2.43. The lowest BCUT2D eigenvalue weighted by molar-refractivity contribution is -0.153. The smallest absolute Gasteiger partial charge is 0.161 e. The van der Waals surface area contributed by atoms with Crippen LogP contribution in [0.5, 0.6) is 11.5 Å². The molecule has 1 aromatic carbocycles. The molecule has 2 atom stereocenters. The molecule has 1 heterocycles. The van der Waals surface area contributed by atoms with Crippen molar-refractivity contribution < 1.29 is 19.3 Å². The van der Waals surface area contributed by atoms with Gasteiger partial charge in [-0.15, -0.1) is 0 Å². The number of rotatable bonds is 4. The number of hydrogen-bond acceptors (Lipinski definition) is 4. The maximum Gasteiger partial charge on any atom is 0.161 e. The van der Waals surface area contributed by atoms with E-state index in [1.165, 1.54) is 6.42 Å². The average Bonchev–Trinajstić information content (AvgIpc) is 2.46. The lowest BCUT2D eigenvalue weighted by Gasteiger charge is -2.46. The van der Waals surface area contributed by atoms with Gasteiger partial charge in [0, 0.05) is 12.8 Å². The first-order valence-electron chi connectivity index (χ1n) is 7.78. The Morgan fingerprint density at radius 3 is 2.76 bits per heavy atom. The summed E-state index contributed by atoms with van der Waals surface area (Å²) in [4.78, 5) is 0. The number of ether oxygens (including phenoxy) is 3. The molecule has 2 fully saturated rings. The Kier molecular flexibility index (Phi) is 4.09. The third-order valence-electron chi connectivity index (χ3n) is 4.68. The average molecular weight is 292 g/mol. The molecular formula is C17H24O4. The molecule has 116 valence electrons. The lowest BCUT2D eigenvalue weighted by Crippen LogP contribution is -2.48. The van der Waals surface area contributed by atoms with Gasteiger partial charge >= 0.3 is 0 Å². The Morgan fingerprint density at radius 2 is 2.14 bits per heavy atom. The fraction of sp³-hybridized carbons (Fsp3) is 0.647. The van der Waals surface area contributed by atoms with Gasteiger partial charge in [-0.05, 0) is 43.9 Å². The van der Waals surface area contributed by atoms with Gasteiger partial charge in [0.05, 0.1) is 25.4 Å². The second kappa shape index (κ2) is 5.85. The van der Waals surface area contributed by atoms with Crippen molar-refractivity contribution in [3.8, 4) is 11.5 Å². The molecule has 1 spiro atoms. The van der Waals surface area contributed by atoms with Crippen molar-refractivity contribution in [2.24, 2.45) is 0 Å². The van der Waals surface area contributed by atoms with Gasteiger partial charge in [-0.2, -0.15) is 0 Å². The highest BCUT2D eigenvalue weighted by molar-refractivity contribution is 5.43. The van der Waals surface area contributed by atoms with Crippen molar-refractivity contribution in [2.45, 2.75) is 56.8 Å². The highest BCUT2D eigenvalue weighted by atomic mass is 16.5. The Morgan fingerprint density at radius 1 is 1.33 bits per heavy atom. The maximum atomic E-state index is 9.65. The van der Waals surface area contributed by atoms with Crippen LogP contribution in [0.4, 0.5) is 0 Å². The van der Waals surface area contributed by atoms with Gasteiger partial charge in [0.2, 0.25) is 0 Å². The molecule has 1 aliphatic heterocycles. The van der Waals surface area contributed by atoms with Gasteiger partial charge in [0.25, 0.3) is 0 Å². The zero-order valence-electron chi connectivity index (χ0n) is 12.8. The molecule has 0 aromatic heterocycles. The van der Waals surface area contributed by atoms with Crippen molar-refractivity contribution in [2.75, 3.05) is 13.7 Å². The standard InChI is InChI=1S/C17H24O4/c1-12(18)13-4-5-15(16(10-13)19-2)21-14-6-9-20-17(11-14)7-3-8-17/h4-5,10,12,14,18H,3,6-9,11H2,1-2H3/t12-,14?/m1/s1. The van der Waals surface area contributed by atoms with E-state index < -0.39 is 6.10 Å². The molecule has 3 rings (SSSR count). The minimum absolute atomic E-state index is 0.0791. The predicted octanol–water partition coefficient (Wildman–Crippen LogP) is 3.23. The molecule has 1 aliphatic carbocycles. The summed E-state index contributed by atoms with van der Waals surface area (Å²) in [5.41, 5.74) is 0.914. The van der Waals surface area contributed by atoms with Crippen LogP contribution in [0.2, 0.25) is 0 Å². The number of aliphatic hydroxyl groups is 1. The fourth-order valence-electron chi connectivity index (χ4n) is 3.22. The third-order valence-corrected chi connectivity index (χ3v) is 4.68. The Bertz CT molecular complexity index is 494. The van der Waals surface area contributed by atoms with Crippen LogP contribution in [0.1, 0.15) is 50.7 Å². The fourth-order valence-corrected chi connectivity index (χ4v) is 3.22. The molecule has 0 amide bonds. The number of methoxy groups -OCH3 is 1. The SMILES string of the molecule is COc1cc([C@@H](C)O)ccc1OC1CCOC2(CCC2)C1. The van der Waals surface area contributed by atoms with Crippen molar-refractivity contribution in [3.63, 3.8) is 0 Å². The summed E-state index contributed by atoms with van der Waals surface area (Å²) < 4.78 is 17.5. The zero-order chi connectivity index (χ0) is 14.9. The normalized spacial score (nSPS) is 25.2. The maximum absolute atomic E-state index is 9.65. The Balaban J connectivity index is 1.72. The molecular weight excluding hydrogens is 268 g/mol. The van der Waals surface area contributed by atoms with Crippen molar-refractivity contribution in [3.05, 3.63) is 23.8 Å². The van der Waals surface area contributed by atoms with Gasteiger partial charge in [-0.1, -0.05) is 6.07 Å². The molecule has 1 unspecified atom stereocenters. The molecule has 1 aromatic rings. The molecule has 1 saturated heterocycles. The molecule has 0 bridgehead atoms. The second-order valence-corrected chi connectivity index (χ2v) is 6.20. The molecule has 2 aliphatic rings. The van der Waals surface area contributed by atoms with E-state index >= 15 is 0 Å². The minimum Gasteiger partial charge on any atom is -0.493 e. The topological polar surface area (TPSA) is 47.9 Å². The first kappa shape index (κ1) is 14.7. The van der Waals surface area contributed by atoms with E-state index in [-0.39, 0.29) is 11.7 Å². The molecule has 1 saturated carbocycles. The first-order chi connectivity index (χ1) is 10.1. The predicted molar refractivity (Wildman–Crippen MR) is 79.8 cm³/mol. The summed E-state index contributed by atoms with van der Waals surface area (Å²) in [6, 6.07) is 5.63. The summed E-state index contributed by atoms with van der Waals surface area (Å²) in [6.45, 7) is 2.52. The van der Waals surface area contributed by atoms with E-state index in [1.807, 2.05) is 18.2 Å². The summed E-state index contributed by atoms with van der Waals surface area (Å²) in [5.74, 6) is 1.44. The molecule has 4 heteroatoms. The molecule has 1 N–H and O–H groups in total. The third kappa shape index (κ3) is 3.01. The van der Waals surface area contributed by atoms with Crippen molar-refractivity contribution in [1.82, 2.24) is 0 Å². The van der Waals surface area contributed by atoms with Crippen molar-refractivity contribution in [1.29, 1.82) is 0 Å². The monoisotopic (exact) mass is 292 g/mol. The van der Waals surface area contributed by atoms with Gasteiger partial charge in [-0.25, -0.2) is 0 Å². The van der Waals surface area contributed by atoms with Crippen LogP contribution >= 0.6 is 0 Å². The van der Waals surface area contributed by atoms with Gasteiger partial charge < -0.3 is 19.3 Å². The summed E-state index contributed by atoms with van der Waals surface area (Å²) in [5, 5.41) is 9.65. The number of aliphatic hydroxyl groups excluding tert-OH is 1. The van der Waals surface area contributed by atoms with Crippen LogP contribution in [0, 0.1) is 0 Å². The Hall–Kier alpha value is -1.26. The van der Waals surface area contributed by atoms with Crippen LogP contribution in [0.15, 0.2) is 18.2 Å². The van der Waals surface area contributed by atoms with E-state index in [4.69, 9.17) is 14.2 Å². The van der Waals surface area contributed by atoms with Crippen LogP contribution in [-0.4, -0.2) is 30.5 Å². The number of benzene rings is 1. The van der Waals surface area contributed by atoms with Gasteiger partial charge in [-0.3, -0.25) is 0 Å². The second-order valence-electron chi connectivity index (χ2n) is 6.20. The Labute approximate surface area is 126 Å². The largest absolute Gasteiger partial charge is 0.493 e. The number of hydrogen-bond donors (Lipinski definition) is 1. The van der Waals surface area contributed by atoms with E-state index in [0.29, 0.717) is 5.75 Å². The first-order valence-corrected chi connectivity index (χ1v) is 7.78. The van der Waals surface area contributed by atoms with Gasteiger partial charge in [0.1, 0.15) is 6.10 Å². The van der Waals surface area contributed by atoms with Crippen LogP contribution in [-0.2, 0) is 4.74 Å². The van der Waals surface area contributed by atoms with Gasteiger partial charge in [0.15, 0.2) is 11.5 Å². The summed E-state index contributed by atoms with van der Waals surface area (Å²) in [6.07, 6.45) is 5.14. The van der Waals surface area contributed by atoms with Crippen LogP contribution in [0.25, 0.3) is 0 Å². The molecule has 4 nitrogen and oxygen atoms in total. The van der Waals surface area contributed by atoms with E-state index in [0.717, 1.165) is 43.6 Å². The minimum atomic E-state index is -0.505. The lowest BCUT2D eigenvalue weighted by atomic mass is 9.74. The summed E-state index contributed by atoms with van der Waals surface area (Å²) in [7, 11) is 1.63. The van der Waals surface area contributed by atoms with E-state index in [9.17, 15) is 5.11 Å².